The van der Waals surface area contributed by atoms with Crippen LogP contribution in [0.1, 0.15) is 38.7 Å². The SMILES string of the molecule is CCCc1c(Cl)ncnc1NC(C)C(=O)NC1CC1. The summed E-state index contributed by atoms with van der Waals surface area (Å²) in [6.07, 6.45) is 5.32. The molecule has 0 bridgehead atoms. The van der Waals surface area contributed by atoms with Crippen LogP contribution in [0.25, 0.3) is 0 Å². The fourth-order valence-corrected chi connectivity index (χ4v) is 2.04. The van der Waals surface area contributed by atoms with Crippen LogP contribution >= 0.6 is 11.6 Å². The van der Waals surface area contributed by atoms with Crippen molar-refractivity contribution in [3.05, 3.63) is 17.0 Å². The van der Waals surface area contributed by atoms with Gasteiger partial charge in [0.2, 0.25) is 5.91 Å². The summed E-state index contributed by atoms with van der Waals surface area (Å²) in [6, 6.07) is 0.0306. The summed E-state index contributed by atoms with van der Waals surface area (Å²) in [7, 11) is 0. The number of aromatic nitrogens is 2. The monoisotopic (exact) mass is 282 g/mol. The quantitative estimate of drug-likeness (QED) is 0.785. The molecule has 0 spiro atoms. The van der Waals surface area contributed by atoms with Gasteiger partial charge in [0, 0.05) is 11.6 Å². The van der Waals surface area contributed by atoms with E-state index in [2.05, 4.69) is 27.5 Å². The van der Waals surface area contributed by atoms with Crippen molar-refractivity contribution in [2.45, 2.75) is 51.6 Å². The predicted molar refractivity (Wildman–Crippen MR) is 75.3 cm³/mol. The van der Waals surface area contributed by atoms with E-state index in [1.807, 2.05) is 6.92 Å². The molecule has 1 aliphatic rings. The molecule has 0 aromatic carbocycles. The van der Waals surface area contributed by atoms with E-state index < -0.39 is 0 Å². The first-order valence-electron chi connectivity index (χ1n) is 6.68. The second-order valence-electron chi connectivity index (χ2n) is 4.89. The van der Waals surface area contributed by atoms with Gasteiger partial charge in [-0.25, -0.2) is 9.97 Å². The van der Waals surface area contributed by atoms with Gasteiger partial charge >= 0.3 is 0 Å². The number of hydrogen-bond acceptors (Lipinski definition) is 4. The molecule has 19 heavy (non-hydrogen) atoms. The maximum absolute atomic E-state index is 11.9. The van der Waals surface area contributed by atoms with Crippen molar-refractivity contribution >= 4 is 23.3 Å². The van der Waals surface area contributed by atoms with Crippen molar-refractivity contribution in [1.82, 2.24) is 15.3 Å². The maximum Gasteiger partial charge on any atom is 0.242 e. The van der Waals surface area contributed by atoms with E-state index in [4.69, 9.17) is 11.6 Å². The Kier molecular flexibility index (Phi) is 4.58. The summed E-state index contributed by atoms with van der Waals surface area (Å²) in [5.74, 6) is 0.653. The lowest BCUT2D eigenvalue weighted by atomic mass is 10.1. The molecule has 0 radical (unpaired) electrons. The Morgan fingerprint density at radius 3 is 2.89 bits per heavy atom. The molecule has 1 atom stereocenters. The van der Waals surface area contributed by atoms with Crippen LogP contribution in [0.15, 0.2) is 6.33 Å². The third kappa shape index (κ3) is 3.80. The lowest BCUT2D eigenvalue weighted by molar-refractivity contribution is -0.121. The Morgan fingerprint density at radius 1 is 1.53 bits per heavy atom. The van der Waals surface area contributed by atoms with Gasteiger partial charge in [0.1, 0.15) is 23.3 Å². The Balaban J connectivity index is 2.04. The summed E-state index contributed by atoms with van der Waals surface area (Å²) in [4.78, 5) is 20.1. The number of carbonyl (C=O) groups is 1. The van der Waals surface area contributed by atoms with E-state index in [1.54, 1.807) is 0 Å². The largest absolute Gasteiger partial charge is 0.358 e. The van der Waals surface area contributed by atoms with Gasteiger partial charge in [-0.2, -0.15) is 0 Å². The van der Waals surface area contributed by atoms with Crippen LogP contribution in [-0.2, 0) is 11.2 Å². The highest BCUT2D eigenvalue weighted by molar-refractivity contribution is 6.30. The number of nitrogens with one attached hydrogen (secondary N) is 2. The van der Waals surface area contributed by atoms with Crippen molar-refractivity contribution in [3.8, 4) is 0 Å². The number of hydrogen-bond donors (Lipinski definition) is 2. The van der Waals surface area contributed by atoms with Gasteiger partial charge in [0.05, 0.1) is 0 Å². The van der Waals surface area contributed by atoms with Crippen LogP contribution in [0.5, 0.6) is 0 Å². The van der Waals surface area contributed by atoms with Crippen LogP contribution in [-0.4, -0.2) is 28.0 Å². The predicted octanol–water partition coefficient (Wildman–Crippen LogP) is 2.16. The van der Waals surface area contributed by atoms with Crippen molar-refractivity contribution in [2.75, 3.05) is 5.32 Å². The first-order chi connectivity index (χ1) is 9.11. The molecule has 5 nitrogen and oxygen atoms in total. The van der Waals surface area contributed by atoms with Crippen molar-refractivity contribution in [1.29, 1.82) is 0 Å². The van der Waals surface area contributed by atoms with Gasteiger partial charge in [-0.05, 0) is 26.2 Å². The molecule has 2 rings (SSSR count). The molecular formula is C13H19ClN4O. The van der Waals surface area contributed by atoms with Crippen molar-refractivity contribution in [2.24, 2.45) is 0 Å². The van der Waals surface area contributed by atoms with Crippen LogP contribution in [0.4, 0.5) is 5.82 Å². The number of rotatable bonds is 6. The molecule has 1 unspecified atom stereocenters. The first kappa shape index (κ1) is 14.1. The summed E-state index contributed by atoms with van der Waals surface area (Å²) in [5, 5.41) is 6.54. The Hall–Kier alpha value is -1.36. The molecule has 1 aliphatic carbocycles. The van der Waals surface area contributed by atoms with Gasteiger partial charge < -0.3 is 10.6 Å². The molecular weight excluding hydrogens is 264 g/mol. The lowest BCUT2D eigenvalue weighted by Gasteiger charge is -2.17. The topological polar surface area (TPSA) is 66.9 Å². The van der Waals surface area contributed by atoms with E-state index in [9.17, 15) is 4.79 Å². The molecule has 1 aromatic rings. The Morgan fingerprint density at radius 2 is 2.26 bits per heavy atom. The fraction of sp³-hybridized carbons (Fsp3) is 0.615. The Labute approximate surface area is 118 Å². The Bertz CT molecular complexity index is 462. The van der Waals surface area contributed by atoms with E-state index in [0.29, 0.717) is 17.0 Å². The molecule has 0 saturated heterocycles. The van der Waals surface area contributed by atoms with Crippen molar-refractivity contribution < 1.29 is 4.79 Å². The van der Waals surface area contributed by atoms with Crippen LogP contribution in [0.3, 0.4) is 0 Å². The van der Waals surface area contributed by atoms with E-state index in [1.165, 1.54) is 6.33 Å². The maximum atomic E-state index is 11.9. The number of carbonyl (C=O) groups excluding carboxylic acids is 1. The minimum atomic E-state index is -0.331. The molecule has 1 amide bonds. The number of anilines is 1. The normalized spacial score (nSPS) is 15.9. The molecule has 0 aliphatic heterocycles. The molecule has 6 heteroatoms. The minimum Gasteiger partial charge on any atom is -0.358 e. The zero-order chi connectivity index (χ0) is 13.8. The van der Waals surface area contributed by atoms with E-state index in [-0.39, 0.29) is 11.9 Å². The van der Waals surface area contributed by atoms with Crippen LogP contribution < -0.4 is 10.6 Å². The van der Waals surface area contributed by atoms with Gasteiger partial charge in [0.15, 0.2) is 0 Å². The molecule has 104 valence electrons. The minimum absolute atomic E-state index is 0.000293. The number of halogens is 1. The first-order valence-corrected chi connectivity index (χ1v) is 7.06. The molecule has 1 aromatic heterocycles. The highest BCUT2D eigenvalue weighted by Gasteiger charge is 2.26. The van der Waals surface area contributed by atoms with Gasteiger partial charge in [-0.15, -0.1) is 0 Å². The summed E-state index contributed by atoms with van der Waals surface area (Å²) >= 11 is 6.07. The average molecular weight is 283 g/mol. The van der Waals surface area contributed by atoms with Gasteiger partial charge in [-0.1, -0.05) is 24.9 Å². The molecule has 1 saturated carbocycles. The lowest BCUT2D eigenvalue weighted by Crippen LogP contribution is -2.39. The van der Waals surface area contributed by atoms with E-state index in [0.717, 1.165) is 31.2 Å². The standard InChI is InChI=1S/C13H19ClN4O/c1-3-4-10-11(14)15-7-16-12(10)17-8(2)13(19)18-9-5-6-9/h7-9H,3-6H2,1-2H3,(H,18,19)(H,15,16,17). The number of amides is 1. The molecule has 1 heterocycles. The molecule has 2 N–H and O–H groups in total. The average Bonchev–Trinajstić information content (AvgIpc) is 3.17. The van der Waals surface area contributed by atoms with E-state index >= 15 is 0 Å². The van der Waals surface area contributed by atoms with Gasteiger partial charge in [-0.3, -0.25) is 4.79 Å². The third-order valence-electron chi connectivity index (χ3n) is 3.06. The fourth-order valence-electron chi connectivity index (χ4n) is 1.81. The smallest absolute Gasteiger partial charge is 0.242 e. The van der Waals surface area contributed by atoms with Crippen LogP contribution in [0.2, 0.25) is 5.15 Å². The zero-order valence-corrected chi connectivity index (χ0v) is 12.0. The van der Waals surface area contributed by atoms with Crippen molar-refractivity contribution in [3.63, 3.8) is 0 Å². The van der Waals surface area contributed by atoms with Crippen LogP contribution in [0, 0.1) is 0 Å². The summed E-state index contributed by atoms with van der Waals surface area (Å²) in [5.41, 5.74) is 0.873. The number of nitrogens with zero attached hydrogens (tertiary/aromatic N) is 2. The third-order valence-corrected chi connectivity index (χ3v) is 3.39. The summed E-state index contributed by atoms with van der Waals surface area (Å²) in [6.45, 7) is 3.89. The van der Waals surface area contributed by atoms with Gasteiger partial charge in [0.25, 0.3) is 0 Å². The second kappa shape index (κ2) is 6.19. The second-order valence-corrected chi connectivity index (χ2v) is 5.25. The summed E-state index contributed by atoms with van der Waals surface area (Å²) < 4.78 is 0. The highest BCUT2D eigenvalue weighted by Crippen LogP contribution is 2.22. The highest BCUT2D eigenvalue weighted by atomic mass is 35.5. The molecule has 1 fully saturated rings. The zero-order valence-electron chi connectivity index (χ0n) is 11.2.